The molecule has 3 atom stereocenters. The number of carboxylic acid groups (broad SMARTS) is 1. The van der Waals surface area contributed by atoms with Gasteiger partial charge in [-0.1, -0.05) is 68.5 Å². The number of aliphatic carboxylic acids is 1. The fraction of sp³-hybridized carbons (Fsp3) is 0.348. The van der Waals surface area contributed by atoms with E-state index in [2.05, 4.69) is 15.3 Å². The number of benzene rings is 1. The van der Waals surface area contributed by atoms with Gasteiger partial charge < -0.3 is 15.8 Å². The summed E-state index contributed by atoms with van der Waals surface area (Å²) in [6.07, 6.45) is 11.1. The number of hydrogen-bond donors (Lipinski definition) is 4. The molecule has 1 aromatic carbocycles. The number of H-pyrrole nitrogens is 1. The van der Waals surface area contributed by atoms with Gasteiger partial charge in [-0.15, -0.1) is 0 Å². The Balaban J connectivity index is 1.99. The van der Waals surface area contributed by atoms with Crippen molar-refractivity contribution in [2.24, 2.45) is 17.1 Å². The number of allylic oxidation sites excluding steroid dienone is 2. The van der Waals surface area contributed by atoms with Crippen LogP contribution in [0.15, 0.2) is 67.2 Å². The number of nitrogens with two attached hydrogens (primary N) is 1. The Morgan fingerprint density at radius 2 is 2.03 bits per heavy atom. The van der Waals surface area contributed by atoms with E-state index in [4.69, 9.17) is 5.73 Å². The number of aromatic nitrogens is 2. The van der Waals surface area contributed by atoms with E-state index in [9.17, 15) is 14.7 Å². The minimum atomic E-state index is -1.11. The number of ketones is 1. The van der Waals surface area contributed by atoms with Crippen LogP contribution in [0.25, 0.3) is 0 Å². The van der Waals surface area contributed by atoms with Crippen LogP contribution >= 0.6 is 0 Å². The molecule has 5 N–H and O–H groups in total. The Kier molecular flexibility index (Phi) is 6.34. The third-order valence-corrected chi connectivity index (χ3v) is 5.63. The van der Waals surface area contributed by atoms with E-state index in [1.807, 2.05) is 54.6 Å². The molecule has 3 rings (SSSR count). The second-order valence-electron chi connectivity index (χ2n) is 8.27. The van der Waals surface area contributed by atoms with Crippen molar-refractivity contribution in [3.8, 4) is 0 Å². The Hall–Kier alpha value is -3.03. The highest BCUT2D eigenvalue weighted by atomic mass is 16.4. The van der Waals surface area contributed by atoms with Crippen LogP contribution in [0.4, 0.5) is 0 Å². The monoisotopic (exact) mass is 408 g/mol. The second-order valence-corrected chi connectivity index (χ2v) is 8.27. The summed E-state index contributed by atoms with van der Waals surface area (Å²) in [4.78, 5) is 32.2. The number of carbonyl (C=O) groups excluding carboxylic acids is 1. The average Bonchev–Trinajstić information content (AvgIpc) is 3.26. The number of nitrogens with zero attached hydrogens (tertiary/aromatic N) is 1. The highest BCUT2D eigenvalue weighted by molar-refractivity contribution is 5.90. The molecule has 2 aromatic rings. The number of aromatic amines is 1. The molecular formula is C23H28N4O3. The lowest BCUT2D eigenvalue weighted by atomic mass is 9.66. The zero-order chi connectivity index (χ0) is 21.8. The number of nitrogens with one attached hydrogen (secondary N) is 2. The highest BCUT2D eigenvalue weighted by Gasteiger charge is 2.47. The highest BCUT2D eigenvalue weighted by Crippen LogP contribution is 2.41. The molecule has 0 bridgehead atoms. The first-order valence-corrected chi connectivity index (χ1v) is 9.93. The standard InChI is InChI=1S/C23H28N4O3/c1-22(2,12-19(24)21(29)30)20(28)18-10-6-7-11-23(18,16-8-4-3-5-9-16)27-14-17-13-25-15-26-17/h3-11,13,15,18-19,27H,12,14,24H2,1-2H3,(H,25,26)(H,29,30). The van der Waals surface area contributed by atoms with Crippen LogP contribution < -0.4 is 11.1 Å². The van der Waals surface area contributed by atoms with Gasteiger partial charge in [0.25, 0.3) is 0 Å². The molecule has 0 spiro atoms. The van der Waals surface area contributed by atoms with Gasteiger partial charge in [0.15, 0.2) is 0 Å². The smallest absolute Gasteiger partial charge is 0.320 e. The molecule has 0 amide bonds. The van der Waals surface area contributed by atoms with Gasteiger partial charge >= 0.3 is 5.97 Å². The molecule has 7 nitrogen and oxygen atoms in total. The van der Waals surface area contributed by atoms with Crippen molar-refractivity contribution < 1.29 is 14.7 Å². The first-order valence-electron chi connectivity index (χ1n) is 9.93. The maximum Gasteiger partial charge on any atom is 0.320 e. The quantitative estimate of drug-likeness (QED) is 0.506. The number of carboxylic acids is 1. The summed E-state index contributed by atoms with van der Waals surface area (Å²) >= 11 is 0. The summed E-state index contributed by atoms with van der Waals surface area (Å²) in [7, 11) is 0. The molecular weight excluding hydrogens is 380 g/mol. The summed E-state index contributed by atoms with van der Waals surface area (Å²) in [5.74, 6) is -1.72. The summed E-state index contributed by atoms with van der Waals surface area (Å²) in [6, 6.07) is 8.67. The molecule has 0 radical (unpaired) electrons. The van der Waals surface area contributed by atoms with Crippen molar-refractivity contribution in [3.63, 3.8) is 0 Å². The van der Waals surface area contributed by atoms with Crippen LogP contribution in [0.3, 0.4) is 0 Å². The lowest BCUT2D eigenvalue weighted by Gasteiger charge is -2.42. The molecule has 0 aliphatic heterocycles. The maximum atomic E-state index is 13.7. The maximum absolute atomic E-state index is 13.7. The van der Waals surface area contributed by atoms with E-state index < -0.39 is 28.9 Å². The van der Waals surface area contributed by atoms with Gasteiger partial charge in [-0.3, -0.25) is 14.9 Å². The Labute approximate surface area is 176 Å². The van der Waals surface area contributed by atoms with Crippen molar-refractivity contribution in [1.29, 1.82) is 0 Å². The minimum absolute atomic E-state index is 0.0550. The van der Waals surface area contributed by atoms with Crippen molar-refractivity contribution in [2.75, 3.05) is 0 Å². The molecule has 7 heteroatoms. The summed E-state index contributed by atoms with van der Waals surface area (Å²) in [5, 5.41) is 12.8. The largest absolute Gasteiger partial charge is 0.480 e. The average molecular weight is 409 g/mol. The summed E-state index contributed by atoms with van der Waals surface area (Å²) < 4.78 is 0. The van der Waals surface area contributed by atoms with Gasteiger partial charge in [0.1, 0.15) is 11.8 Å². The number of carbonyl (C=O) groups is 2. The molecule has 1 aromatic heterocycles. The van der Waals surface area contributed by atoms with E-state index in [1.54, 1.807) is 26.4 Å². The minimum Gasteiger partial charge on any atom is -0.480 e. The lowest BCUT2D eigenvalue weighted by molar-refractivity contribution is -0.140. The first-order chi connectivity index (χ1) is 14.3. The van der Waals surface area contributed by atoms with Crippen LogP contribution in [0.2, 0.25) is 0 Å². The van der Waals surface area contributed by atoms with Crippen LogP contribution in [0, 0.1) is 11.3 Å². The number of Topliss-reactive ketones (excluding diaryl/α,β-unsaturated/α-hetero) is 1. The van der Waals surface area contributed by atoms with Crippen LogP contribution in [0.5, 0.6) is 0 Å². The van der Waals surface area contributed by atoms with Crippen molar-refractivity contribution in [1.82, 2.24) is 15.3 Å². The third-order valence-electron chi connectivity index (χ3n) is 5.63. The number of imidazole rings is 1. The Morgan fingerprint density at radius 1 is 1.30 bits per heavy atom. The molecule has 158 valence electrons. The number of hydrogen-bond acceptors (Lipinski definition) is 5. The van der Waals surface area contributed by atoms with Gasteiger partial charge in [-0.2, -0.15) is 0 Å². The topological polar surface area (TPSA) is 121 Å². The van der Waals surface area contributed by atoms with Gasteiger partial charge in [0.05, 0.1) is 23.5 Å². The van der Waals surface area contributed by atoms with Gasteiger partial charge in [-0.05, 0) is 12.0 Å². The van der Waals surface area contributed by atoms with Crippen molar-refractivity contribution in [2.45, 2.75) is 38.4 Å². The third kappa shape index (κ3) is 4.42. The Morgan fingerprint density at radius 3 is 2.67 bits per heavy atom. The van der Waals surface area contributed by atoms with Gasteiger partial charge in [-0.25, -0.2) is 4.98 Å². The fourth-order valence-corrected chi connectivity index (χ4v) is 3.98. The molecule has 1 aliphatic carbocycles. The molecule has 30 heavy (non-hydrogen) atoms. The molecule has 0 fully saturated rings. The van der Waals surface area contributed by atoms with Crippen molar-refractivity contribution in [3.05, 3.63) is 78.4 Å². The van der Waals surface area contributed by atoms with E-state index in [-0.39, 0.29) is 12.2 Å². The van der Waals surface area contributed by atoms with E-state index in [0.29, 0.717) is 6.54 Å². The van der Waals surface area contributed by atoms with Gasteiger partial charge in [0.2, 0.25) is 0 Å². The summed E-state index contributed by atoms with van der Waals surface area (Å²) in [5.41, 5.74) is 5.81. The SMILES string of the molecule is CC(C)(CC(N)C(=O)O)C(=O)C1C=CC=CC1(NCc1c[nH]cn1)c1ccccc1. The van der Waals surface area contributed by atoms with Crippen LogP contribution in [0.1, 0.15) is 31.5 Å². The predicted octanol–water partition coefficient (Wildman–Crippen LogP) is 2.53. The predicted molar refractivity (Wildman–Crippen MR) is 114 cm³/mol. The van der Waals surface area contributed by atoms with E-state index >= 15 is 0 Å². The second kappa shape index (κ2) is 8.77. The van der Waals surface area contributed by atoms with Crippen LogP contribution in [-0.4, -0.2) is 32.9 Å². The number of rotatable bonds is 9. The summed E-state index contributed by atoms with van der Waals surface area (Å²) in [6.45, 7) is 3.97. The van der Waals surface area contributed by atoms with Gasteiger partial charge in [0, 0.05) is 18.2 Å². The molecule has 3 unspecified atom stereocenters. The Bertz CT molecular complexity index is 935. The molecule has 0 saturated carbocycles. The zero-order valence-corrected chi connectivity index (χ0v) is 17.2. The fourth-order valence-electron chi connectivity index (χ4n) is 3.98. The first kappa shape index (κ1) is 21.7. The molecule has 1 aliphatic rings. The lowest BCUT2D eigenvalue weighted by Crippen LogP contribution is -2.53. The van der Waals surface area contributed by atoms with E-state index in [0.717, 1.165) is 11.3 Å². The van der Waals surface area contributed by atoms with Crippen molar-refractivity contribution >= 4 is 11.8 Å². The van der Waals surface area contributed by atoms with E-state index in [1.165, 1.54) is 0 Å². The normalized spacial score (nSPS) is 22.0. The van der Waals surface area contributed by atoms with Crippen LogP contribution in [-0.2, 0) is 21.7 Å². The zero-order valence-electron chi connectivity index (χ0n) is 17.2. The molecule has 1 heterocycles. The molecule has 0 saturated heterocycles.